The second-order valence-corrected chi connectivity index (χ2v) is 5.26. The van der Waals surface area contributed by atoms with Crippen LogP contribution >= 0.6 is 0 Å². The molecule has 0 amide bonds. The molecule has 0 N–H and O–H groups in total. The van der Waals surface area contributed by atoms with Gasteiger partial charge in [-0.3, -0.25) is 14.4 Å². The Labute approximate surface area is 127 Å². The summed E-state index contributed by atoms with van der Waals surface area (Å²) in [5.74, 6) is -2.05. The van der Waals surface area contributed by atoms with Gasteiger partial charge in [-0.25, -0.2) is 0 Å². The van der Waals surface area contributed by atoms with Crippen LogP contribution in [0.3, 0.4) is 0 Å². The van der Waals surface area contributed by atoms with Gasteiger partial charge in [-0.1, -0.05) is 36.4 Å². The third-order valence-corrected chi connectivity index (χ3v) is 3.94. The summed E-state index contributed by atoms with van der Waals surface area (Å²) in [5, 5.41) is 0. The van der Waals surface area contributed by atoms with Crippen LogP contribution in [0.4, 0.5) is 0 Å². The lowest BCUT2D eigenvalue weighted by Crippen LogP contribution is -2.25. The summed E-state index contributed by atoms with van der Waals surface area (Å²) in [6.45, 7) is 1.86. The highest BCUT2D eigenvalue weighted by molar-refractivity contribution is 6.37. The van der Waals surface area contributed by atoms with Crippen molar-refractivity contribution in [1.82, 2.24) is 0 Å². The van der Waals surface area contributed by atoms with Gasteiger partial charge in [0.15, 0.2) is 17.3 Å². The van der Waals surface area contributed by atoms with Crippen LogP contribution in [0.25, 0.3) is 0 Å². The average Bonchev–Trinajstić information content (AvgIpc) is 2.79. The van der Waals surface area contributed by atoms with E-state index in [1.165, 1.54) is 7.11 Å². The van der Waals surface area contributed by atoms with E-state index in [9.17, 15) is 14.4 Å². The van der Waals surface area contributed by atoms with Gasteiger partial charge < -0.3 is 4.74 Å². The number of fused-ring (bicyclic) bond motifs is 1. The summed E-state index contributed by atoms with van der Waals surface area (Å²) < 4.78 is 5.19. The smallest absolute Gasteiger partial charge is 0.182 e. The zero-order valence-corrected chi connectivity index (χ0v) is 12.3. The van der Waals surface area contributed by atoms with Crippen molar-refractivity contribution in [2.45, 2.75) is 6.92 Å². The van der Waals surface area contributed by atoms with Crippen LogP contribution in [0.2, 0.25) is 0 Å². The Kier molecular flexibility index (Phi) is 3.37. The molecule has 0 heterocycles. The van der Waals surface area contributed by atoms with Crippen molar-refractivity contribution in [3.05, 3.63) is 64.7 Å². The van der Waals surface area contributed by atoms with Gasteiger partial charge in [0.1, 0.15) is 11.7 Å². The summed E-state index contributed by atoms with van der Waals surface area (Å²) in [4.78, 5) is 37.4. The number of ketones is 3. The number of rotatable bonds is 3. The molecule has 2 aromatic rings. The second kappa shape index (κ2) is 5.22. The molecule has 0 atom stereocenters. The number of Topliss-reactive ketones (excluding diaryl/α,β-unsaturated/α-hetero) is 3. The highest BCUT2D eigenvalue weighted by Crippen LogP contribution is 2.30. The maximum Gasteiger partial charge on any atom is 0.182 e. The zero-order valence-electron chi connectivity index (χ0n) is 12.3. The number of carbonyl (C=O) groups excluding carboxylic acids is 3. The first-order valence-electron chi connectivity index (χ1n) is 6.91. The number of hydrogen-bond acceptors (Lipinski definition) is 4. The summed E-state index contributed by atoms with van der Waals surface area (Å²) >= 11 is 0. The fraction of sp³-hybridized carbons (Fsp3) is 0.167. The van der Waals surface area contributed by atoms with Gasteiger partial charge in [-0.2, -0.15) is 0 Å². The molecule has 1 aliphatic carbocycles. The molecule has 0 bridgehead atoms. The number of carbonyl (C=O) groups is 3. The van der Waals surface area contributed by atoms with Crippen molar-refractivity contribution in [2.24, 2.45) is 5.92 Å². The molecule has 0 saturated carbocycles. The fourth-order valence-corrected chi connectivity index (χ4v) is 2.72. The number of aryl methyl sites for hydroxylation is 1. The molecular formula is C18H14O4. The predicted molar refractivity (Wildman–Crippen MR) is 80.7 cm³/mol. The molecule has 2 aromatic carbocycles. The van der Waals surface area contributed by atoms with E-state index in [1.54, 1.807) is 42.5 Å². The van der Waals surface area contributed by atoms with Crippen molar-refractivity contribution in [3.8, 4) is 5.75 Å². The first-order valence-corrected chi connectivity index (χ1v) is 6.91. The molecule has 22 heavy (non-hydrogen) atoms. The maximum absolute atomic E-state index is 12.6. The van der Waals surface area contributed by atoms with Gasteiger partial charge in [0.05, 0.1) is 7.11 Å². The minimum absolute atomic E-state index is 0.307. The largest absolute Gasteiger partial charge is 0.496 e. The lowest BCUT2D eigenvalue weighted by Gasteiger charge is -2.09. The second-order valence-electron chi connectivity index (χ2n) is 5.26. The number of ether oxygens (including phenoxy) is 1. The molecule has 0 aliphatic heterocycles. The van der Waals surface area contributed by atoms with E-state index in [0.717, 1.165) is 5.56 Å². The fourth-order valence-electron chi connectivity index (χ4n) is 2.72. The predicted octanol–water partition coefficient (Wildman–Crippen LogP) is 2.88. The summed E-state index contributed by atoms with van der Waals surface area (Å²) in [7, 11) is 1.51. The van der Waals surface area contributed by atoms with Crippen molar-refractivity contribution in [1.29, 1.82) is 0 Å². The van der Waals surface area contributed by atoms with E-state index in [4.69, 9.17) is 4.74 Å². The van der Waals surface area contributed by atoms with Crippen LogP contribution in [-0.4, -0.2) is 24.5 Å². The molecule has 4 heteroatoms. The first kappa shape index (κ1) is 14.2. The number of hydrogen-bond donors (Lipinski definition) is 0. The van der Waals surface area contributed by atoms with Gasteiger partial charge in [0.25, 0.3) is 0 Å². The quantitative estimate of drug-likeness (QED) is 0.645. The highest BCUT2D eigenvalue weighted by Gasteiger charge is 2.43. The lowest BCUT2D eigenvalue weighted by molar-refractivity contribution is 0.0756. The third-order valence-electron chi connectivity index (χ3n) is 3.94. The maximum atomic E-state index is 12.6. The molecule has 0 radical (unpaired) electrons. The van der Waals surface area contributed by atoms with Crippen molar-refractivity contribution in [2.75, 3.05) is 7.11 Å². The molecule has 1 aliphatic rings. The minimum Gasteiger partial charge on any atom is -0.496 e. The summed E-state index contributed by atoms with van der Waals surface area (Å²) in [6, 6.07) is 11.5. The van der Waals surface area contributed by atoms with Gasteiger partial charge in [0.2, 0.25) is 0 Å². The van der Waals surface area contributed by atoms with Gasteiger partial charge in [-0.05, 0) is 18.6 Å². The van der Waals surface area contributed by atoms with E-state index < -0.39 is 23.3 Å². The van der Waals surface area contributed by atoms with Crippen LogP contribution in [0, 0.1) is 12.8 Å². The van der Waals surface area contributed by atoms with Gasteiger partial charge >= 0.3 is 0 Å². The van der Waals surface area contributed by atoms with Gasteiger partial charge in [0, 0.05) is 16.7 Å². The van der Waals surface area contributed by atoms with Crippen LogP contribution in [0.15, 0.2) is 42.5 Å². The Morgan fingerprint density at radius 1 is 1.00 bits per heavy atom. The van der Waals surface area contributed by atoms with Crippen molar-refractivity contribution in [3.63, 3.8) is 0 Å². The Morgan fingerprint density at radius 2 is 1.59 bits per heavy atom. The topological polar surface area (TPSA) is 60.4 Å². The minimum atomic E-state index is -1.27. The van der Waals surface area contributed by atoms with E-state index in [2.05, 4.69) is 0 Å². The lowest BCUT2D eigenvalue weighted by atomic mass is 9.92. The van der Waals surface area contributed by atoms with Crippen molar-refractivity contribution < 1.29 is 19.1 Å². The Hall–Kier alpha value is -2.75. The molecule has 0 spiro atoms. The molecule has 110 valence electrons. The van der Waals surface area contributed by atoms with Crippen LogP contribution in [0.1, 0.15) is 36.6 Å². The Bertz CT molecular complexity index is 769. The number of methoxy groups -OCH3 is 1. The monoisotopic (exact) mass is 294 g/mol. The van der Waals surface area contributed by atoms with E-state index in [1.807, 2.05) is 6.92 Å². The van der Waals surface area contributed by atoms with E-state index in [-0.39, 0.29) is 0 Å². The first-order chi connectivity index (χ1) is 10.5. The SMILES string of the molecule is COc1cc(C(=O)C2C(=O)c3ccccc3C2=O)ccc1C. The summed E-state index contributed by atoms with van der Waals surface area (Å²) in [6.07, 6.45) is 0. The normalized spacial score (nSPS) is 14.1. The van der Waals surface area contributed by atoms with E-state index in [0.29, 0.717) is 22.4 Å². The third kappa shape index (κ3) is 2.04. The standard InChI is InChI=1S/C18H14O4/c1-10-7-8-11(9-14(10)22-2)16(19)15-17(20)12-5-3-4-6-13(12)18(15)21/h3-9,15H,1-2H3. The average molecular weight is 294 g/mol. The Balaban J connectivity index is 2.01. The highest BCUT2D eigenvalue weighted by atomic mass is 16.5. The van der Waals surface area contributed by atoms with Gasteiger partial charge in [-0.15, -0.1) is 0 Å². The van der Waals surface area contributed by atoms with Crippen LogP contribution < -0.4 is 4.74 Å². The summed E-state index contributed by atoms with van der Waals surface area (Å²) in [5.41, 5.74) is 1.84. The molecule has 0 aromatic heterocycles. The molecule has 3 rings (SSSR count). The number of benzene rings is 2. The molecular weight excluding hydrogens is 280 g/mol. The van der Waals surface area contributed by atoms with E-state index >= 15 is 0 Å². The zero-order chi connectivity index (χ0) is 15.9. The van der Waals surface area contributed by atoms with Crippen LogP contribution in [-0.2, 0) is 0 Å². The molecule has 0 fully saturated rings. The molecule has 0 saturated heterocycles. The van der Waals surface area contributed by atoms with Crippen molar-refractivity contribution >= 4 is 17.3 Å². The van der Waals surface area contributed by atoms with Crippen LogP contribution in [0.5, 0.6) is 5.75 Å². The Morgan fingerprint density at radius 3 is 2.14 bits per heavy atom. The molecule has 0 unspecified atom stereocenters. The molecule has 4 nitrogen and oxygen atoms in total.